The Hall–Kier alpha value is -2.47. The molecule has 0 bridgehead atoms. The van der Waals surface area contributed by atoms with Crippen molar-refractivity contribution < 1.29 is 9.13 Å². The normalized spacial score (nSPS) is 12.8. The van der Waals surface area contributed by atoms with E-state index in [1.807, 2.05) is 18.2 Å². The summed E-state index contributed by atoms with van der Waals surface area (Å²) in [6, 6.07) is 7.01. The smallest absolute Gasteiger partial charge is 0.213 e. The van der Waals surface area contributed by atoms with Crippen molar-refractivity contribution in [1.82, 2.24) is 15.0 Å². The molecule has 0 unspecified atom stereocenters. The largest absolute Gasteiger partial charge is 0.481 e. The zero-order chi connectivity index (χ0) is 17.3. The van der Waals surface area contributed by atoms with Crippen LogP contribution in [0.4, 0.5) is 4.39 Å². The van der Waals surface area contributed by atoms with Crippen molar-refractivity contribution in [3.8, 4) is 17.0 Å². The molecule has 0 aliphatic carbocycles. The Morgan fingerprint density at radius 3 is 2.79 bits per heavy atom. The van der Waals surface area contributed by atoms with Crippen LogP contribution in [0.15, 0.2) is 30.5 Å². The van der Waals surface area contributed by atoms with Crippen LogP contribution < -0.4 is 10.5 Å². The highest BCUT2D eigenvalue weighted by molar-refractivity contribution is 5.82. The van der Waals surface area contributed by atoms with Gasteiger partial charge >= 0.3 is 0 Å². The summed E-state index contributed by atoms with van der Waals surface area (Å²) in [6.45, 7) is 4.25. The number of fused-ring (bicyclic) bond motifs is 1. The van der Waals surface area contributed by atoms with E-state index in [1.54, 1.807) is 6.07 Å². The maximum Gasteiger partial charge on any atom is 0.213 e. The standard InChI is InChI=1S/C18H21FN4O/c1-10(2)6-14(20)18-22-15-5-4-11(7-16(15)23-18)12-8-17(24-3)21-9-13(12)19/h4-5,7-10,14H,6,20H2,1-3H3,(H,22,23)/t14-/m1/s1. The summed E-state index contributed by atoms with van der Waals surface area (Å²) in [4.78, 5) is 11.7. The number of imidazole rings is 1. The number of nitrogens with two attached hydrogens (primary N) is 1. The summed E-state index contributed by atoms with van der Waals surface area (Å²) in [5.41, 5.74) is 8.99. The van der Waals surface area contributed by atoms with Crippen LogP contribution in [0.2, 0.25) is 0 Å². The van der Waals surface area contributed by atoms with Gasteiger partial charge in [-0.05, 0) is 30.0 Å². The van der Waals surface area contributed by atoms with E-state index in [0.29, 0.717) is 17.4 Å². The molecule has 24 heavy (non-hydrogen) atoms. The van der Waals surface area contributed by atoms with E-state index >= 15 is 0 Å². The number of hydrogen-bond donors (Lipinski definition) is 2. The molecule has 2 heterocycles. The molecule has 1 atom stereocenters. The van der Waals surface area contributed by atoms with E-state index in [2.05, 4.69) is 28.8 Å². The summed E-state index contributed by atoms with van der Waals surface area (Å²) in [5, 5.41) is 0. The Morgan fingerprint density at radius 2 is 2.08 bits per heavy atom. The summed E-state index contributed by atoms with van der Waals surface area (Å²) < 4.78 is 19.2. The third-order valence-corrected chi connectivity index (χ3v) is 3.93. The number of aromatic amines is 1. The van der Waals surface area contributed by atoms with Crippen LogP contribution in [0.3, 0.4) is 0 Å². The van der Waals surface area contributed by atoms with Gasteiger partial charge in [0.2, 0.25) is 5.88 Å². The van der Waals surface area contributed by atoms with Crippen molar-refractivity contribution in [1.29, 1.82) is 0 Å². The molecule has 0 fully saturated rings. The minimum atomic E-state index is -0.401. The lowest BCUT2D eigenvalue weighted by molar-refractivity contribution is 0.396. The number of hydrogen-bond acceptors (Lipinski definition) is 4. The number of nitrogens with zero attached hydrogens (tertiary/aromatic N) is 2. The van der Waals surface area contributed by atoms with Gasteiger partial charge in [-0.2, -0.15) is 0 Å². The Labute approximate surface area is 140 Å². The molecule has 0 radical (unpaired) electrons. The van der Waals surface area contributed by atoms with Crippen LogP contribution in [-0.4, -0.2) is 22.1 Å². The van der Waals surface area contributed by atoms with Gasteiger partial charge in [0.1, 0.15) is 11.6 Å². The van der Waals surface area contributed by atoms with E-state index < -0.39 is 5.82 Å². The van der Waals surface area contributed by atoms with Crippen LogP contribution in [0.1, 0.15) is 32.1 Å². The average molecular weight is 328 g/mol. The first-order valence-corrected chi connectivity index (χ1v) is 7.93. The fourth-order valence-electron chi connectivity index (χ4n) is 2.74. The average Bonchev–Trinajstić information content (AvgIpc) is 2.98. The van der Waals surface area contributed by atoms with E-state index in [9.17, 15) is 4.39 Å². The second kappa shape index (κ2) is 6.57. The second-order valence-electron chi connectivity index (χ2n) is 6.30. The first-order valence-electron chi connectivity index (χ1n) is 7.93. The SMILES string of the molecule is COc1cc(-c2ccc3[nH]c([C@H](N)CC(C)C)nc3c2)c(F)cn1. The quantitative estimate of drug-likeness (QED) is 0.746. The highest BCUT2D eigenvalue weighted by atomic mass is 19.1. The number of aromatic nitrogens is 3. The molecule has 0 aliphatic heterocycles. The van der Waals surface area contributed by atoms with Gasteiger partial charge in [0.15, 0.2) is 0 Å². The zero-order valence-electron chi connectivity index (χ0n) is 14.0. The van der Waals surface area contributed by atoms with Gasteiger partial charge in [0.25, 0.3) is 0 Å². The molecule has 0 spiro atoms. The van der Waals surface area contributed by atoms with Crippen molar-refractivity contribution in [3.05, 3.63) is 42.1 Å². The molecule has 3 N–H and O–H groups in total. The second-order valence-corrected chi connectivity index (χ2v) is 6.30. The molecule has 5 nitrogen and oxygen atoms in total. The zero-order valence-corrected chi connectivity index (χ0v) is 14.0. The Bertz CT molecular complexity index is 859. The molecule has 0 saturated heterocycles. The maximum atomic E-state index is 14.1. The molecule has 126 valence electrons. The van der Waals surface area contributed by atoms with Crippen LogP contribution >= 0.6 is 0 Å². The van der Waals surface area contributed by atoms with Gasteiger partial charge in [-0.25, -0.2) is 14.4 Å². The molecule has 0 saturated carbocycles. The van der Waals surface area contributed by atoms with Crippen LogP contribution in [-0.2, 0) is 0 Å². The predicted molar refractivity (Wildman–Crippen MR) is 92.2 cm³/mol. The lowest BCUT2D eigenvalue weighted by atomic mass is 10.0. The van der Waals surface area contributed by atoms with E-state index in [1.165, 1.54) is 7.11 Å². The number of rotatable bonds is 5. The van der Waals surface area contributed by atoms with Gasteiger partial charge in [-0.3, -0.25) is 0 Å². The third-order valence-electron chi connectivity index (χ3n) is 3.93. The molecule has 1 aromatic carbocycles. The number of H-pyrrole nitrogens is 1. The number of halogens is 1. The van der Waals surface area contributed by atoms with E-state index in [0.717, 1.165) is 35.0 Å². The highest BCUT2D eigenvalue weighted by Crippen LogP contribution is 2.28. The fraction of sp³-hybridized carbons (Fsp3) is 0.333. The molecular formula is C18H21FN4O. The molecule has 0 amide bonds. The maximum absolute atomic E-state index is 14.1. The number of pyridine rings is 1. The number of ether oxygens (including phenoxy) is 1. The topological polar surface area (TPSA) is 76.8 Å². The number of methoxy groups -OCH3 is 1. The first kappa shape index (κ1) is 16.4. The van der Waals surface area contributed by atoms with Gasteiger partial charge in [0, 0.05) is 11.6 Å². The van der Waals surface area contributed by atoms with Crippen molar-refractivity contribution in [2.75, 3.05) is 7.11 Å². The molecular weight excluding hydrogens is 307 g/mol. The lowest BCUT2D eigenvalue weighted by Gasteiger charge is -2.10. The van der Waals surface area contributed by atoms with Crippen molar-refractivity contribution in [2.24, 2.45) is 11.7 Å². The van der Waals surface area contributed by atoms with Gasteiger partial charge in [-0.15, -0.1) is 0 Å². The highest BCUT2D eigenvalue weighted by Gasteiger charge is 2.14. The van der Waals surface area contributed by atoms with Crippen molar-refractivity contribution in [3.63, 3.8) is 0 Å². The number of nitrogens with one attached hydrogen (secondary N) is 1. The van der Waals surface area contributed by atoms with Crippen LogP contribution in [0.25, 0.3) is 22.2 Å². The molecule has 3 aromatic rings. The predicted octanol–water partition coefficient (Wildman–Crippen LogP) is 3.82. The Morgan fingerprint density at radius 1 is 1.29 bits per heavy atom. The summed E-state index contributed by atoms with van der Waals surface area (Å²) >= 11 is 0. The molecule has 2 aromatic heterocycles. The molecule has 6 heteroatoms. The minimum Gasteiger partial charge on any atom is -0.481 e. The summed E-state index contributed by atoms with van der Waals surface area (Å²) in [7, 11) is 1.50. The van der Waals surface area contributed by atoms with Gasteiger partial charge < -0.3 is 15.5 Å². The Balaban J connectivity index is 2.00. The fourth-order valence-corrected chi connectivity index (χ4v) is 2.74. The molecule has 0 aliphatic rings. The summed E-state index contributed by atoms with van der Waals surface area (Å²) in [6.07, 6.45) is 2.01. The Kier molecular flexibility index (Phi) is 4.49. The van der Waals surface area contributed by atoms with Crippen LogP contribution in [0.5, 0.6) is 5.88 Å². The molecule has 3 rings (SSSR count). The monoisotopic (exact) mass is 328 g/mol. The first-order chi connectivity index (χ1) is 11.5. The lowest BCUT2D eigenvalue weighted by Crippen LogP contribution is -2.14. The minimum absolute atomic E-state index is 0.140. The third kappa shape index (κ3) is 3.23. The number of benzene rings is 1. The van der Waals surface area contributed by atoms with Crippen molar-refractivity contribution >= 4 is 11.0 Å². The van der Waals surface area contributed by atoms with E-state index in [4.69, 9.17) is 10.5 Å². The van der Waals surface area contributed by atoms with Gasteiger partial charge in [-0.1, -0.05) is 19.9 Å². The summed E-state index contributed by atoms with van der Waals surface area (Å²) in [5.74, 6) is 1.21. The van der Waals surface area contributed by atoms with Gasteiger partial charge in [0.05, 0.1) is 30.4 Å². The van der Waals surface area contributed by atoms with Crippen LogP contribution in [0, 0.1) is 11.7 Å². The van der Waals surface area contributed by atoms with Crippen molar-refractivity contribution in [2.45, 2.75) is 26.3 Å². The van der Waals surface area contributed by atoms with E-state index in [-0.39, 0.29) is 6.04 Å².